The van der Waals surface area contributed by atoms with Gasteiger partial charge in [0.05, 0.1) is 6.10 Å². The van der Waals surface area contributed by atoms with Gasteiger partial charge in [-0.1, -0.05) is 36.4 Å². The first kappa shape index (κ1) is 14.7. The van der Waals surface area contributed by atoms with E-state index < -0.39 is 6.10 Å². The molecule has 0 heterocycles. The predicted octanol–water partition coefficient (Wildman–Crippen LogP) is 4.50. The van der Waals surface area contributed by atoms with Crippen molar-refractivity contribution in [1.82, 2.24) is 0 Å². The van der Waals surface area contributed by atoms with Crippen LogP contribution in [0, 0.1) is 19.7 Å². The zero-order valence-corrected chi connectivity index (χ0v) is 12.1. The van der Waals surface area contributed by atoms with Crippen LogP contribution in [0.2, 0.25) is 0 Å². The van der Waals surface area contributed by atoms with E-state index >= 15 is 0 Å². The second kappa shape index (κ2) is 6.67. The lowest BCUT2D eigenvalue weighted by molar-refractivity contribution is 0.159. The fraction of sp³-hybridized carbons (Fsp3) is 0.333. The van der Waals surface area contributed by atoms with Crippen molar-refractivity contribution >= 4 is 0 Å². The first-order valence-electron chi connectivity index (χ1n) is 7.06. The molecule has 20 heavy (non-hydrogen) atoms. The monoisotopic (exact) mass is 272 g/mol. The molecule has 0 aromatic heterocycles. The van der Waals surface area contributed by atoms with E-state index in [-0.39, 0.29) is 5.82 Å². The van der Waals surface area contributed by atoms with Crippen molar-refractivity contribution in [2.45, 2.75) is 39.2 Å². The molecule has 0 fully saturated rings. The second-order valence-corrected chi connectivity index (χ2v) is 5.37. The van der Waals surface area contributed by atoms with Crippen LogP contribution in [0.1, 0.15) is 41.2 Å². The Balaban J connectivity index is 1.97. The summed E-state index contributed by atoms with van der Waals surface area (Å²) in [5, 5.41) is 10.2. The van der Waals surface area contributed by atoms with Gasteiger partial charge in [0.25, 0.3) is 0 Å². The van der Waals surface area contributed by atoms with Crippen LogP contribution in [-0.4, -0.2) is 5.11 Å². The number of halogens is 1. The molecule has 1 nitrogen and oxygen atoms in total. The van der Waals surface area contributed by atoms with Crippen LogP contribution >= 0.6 is 0 Å². The van der Waals surface area contributed by atoms with E-state index in [0.29, 0.717) is 12.0 Å². The minimum Gasteiger partial charge on any atom is -0.388 e. The van der Waals surface area contributed by atoms with Crippen LogP contribution in [-0.2, 0) is 6.42 Å². The molecular weight excluding hydrogens is 251 g/mol. The van der Waals surface area contributed by atoms with Gasteiger partial charge in [-0.3, -0.25) is 0 Å². The Kier molecular flexibility index (Phi) is 4.91. The van der Waals surface area contributed by atoms with E-state index in [1.165, 1.54) is 11.6 Å². The number of rotatable bonds is 5. The summed E-state index contributed by atoms with van der Waals surface area (Å²) in [4.78, 5) is 0. The first-order chi connectivity index (χ1) is 9.58. The van der Waals surface area contributed by atoms with Gasteiger partial charge in [0.1, 0.15) is 5.82 Å². The Morgan fingerprint density at radius 1 is 1.10 bits per heavy atom. The smallest absolute Gasteiger partial charge is 0.129 e. The Bertz CT molecular complexity index is 540. The van der Waals surface area contributed by atoms with Gasteiger partial charge in [-0.05, 0) is 55.9 Å². The van der Waals surface area contributed by atoms with E-state index in [9.17, 15) is 9.50 Å². The molecule has 1 N–H and O–H groups in total. The Labute approximate surface area is 120 Å². The van der Waals surface area contributed by atoms with Crippen LogP contribution in [0.5, 0.6) is 0 Å². The van der Waals surface area contributed by atoms with Crippen molar-refractivity contribution in [2.24, 2.45) is 0 Å². The van der Waals surface area contributed by atoms with Gasteiger partial charge in [0.2, 0.25) is 0 Å². The molecule has 0 aliphatic rings. The van der Waals surface area contributed by atoms with Gasteiger partial charge in [0.15, 0.2) is 0 Å². The van der Waals surface area contributed by atoms with E-state index in [1.54, 1.807) is 0 Å². The highest BCUT2D eigenvalue weighted by Crippen LogP contribution is 2.26. The van der Waals surface area contributed by atoms with Gasteiger partial charge in [-0.2, -0.15) is 0 Å². The molecule has 2 aromatic carbocycles. The number of aliphatic hydroxyl groups is 1. The molecule has 0 radical (unpaired) electrons. The maximum absolute atomic E-state index is 14.0. The molecule has 2 heteroatoms. The highest BCUT2D eigenvalue weighted by Gasteiger charge is 2.15. The van der Waals surface area contributed by atoms with Gasteiger partial charge >= 0.3 is 0 Å². The van der Waals surface area contributed by atoms with Crippen LogP contribution in [0.15, 0.2) is 42.5 Å². The molecule has 0 saturated carbocycles. The number of hydrogen-bond acceptors (Lipinski definition) is 1. The summed E-state index contributed by atoms with van der Waals surface area (Å²) >= 11 is 0. The van der Waals surface area contributed by atoms with Crippen molar-refractivity contribution in [3.8, 4) is 0 Å². The standard InChI is InChI=1S/C18H21FO/c1-13-11-14(2)18(16(19)12-13)17(20)10-6-9-15-7-4-3-5-8-15/h3-5,7-8,11-12,17,20H,6,9-10H2,1-2H3. The van der Waals surface area contributed by atoms with Gasteiger partial charge in [-0.15, -0.1) is 0 Å². The summed E-state index contributed by atoms with van der Waals surface area (Å²) in [7, 11) is 0. The third kappa shape index (κ3) is 3.67. The molecule has 0 amide bonds. The van der Waals surface area contributed by atoms with Crippen molar-refractivity contribution in [1.29, 1.82) is 0 Å². The molecule has 0 bridgehead atoms. The SMILES string of the molecule is Cc1cc(C)c(C(O)CCCc2ccccc2)c(F)c1. The summed E-state index contributed by atoms with van der Waals surface area (Å²) in [6, 6.07) is 13.6. The second-order valence-electron chi connectivity index (χ2n) is 5.37. The Morgan fingerprint density at radius 2 is 1.80 bits per heavy atom. The number of hydrogen-bond donors (Lipinski definition) is 1. The fourth-order valence-electron chi connectivity index (χ4n) is 2.64. The molecule has 0 aliphatic carbocycles. The molecule has 1 atom stereocenters. The molecule has 1 unspecified atom stereocenters. The lowest BCUT2D eigenvalue weighted by Crippen LogP contribution is -2.05. The highest BCUT2D eigenvalue weighted by molar-refractivity contribution is 5.33. The van der Waals surface area contributed by atoms with Gasteiger partial charge < -0.3 is 5.11 Å². The van der Waals surface area contributed by atoms with Crippen LogP contribution in [0.3, 0.4) is 0 Å². The molecular formula is C18H21FO. The Hall–Kier alpha value is -1.67. The van der Waals surface area contributed by atoms with Gasteiger partial charge in [0, 0.05) is 5.56 Å². The van der Waals surface area contributed by atoms with Crippen molar-refractivity contribution < 1.29 is 9.50 Å². The topological polar surface area (TPSA) is 20.2 Å². The van der Waals surface area contributed by atoms with E-state index in [1.807, 2.05) is 38.1 Å². The fourth-order valence-corrected chi connectivity index (χ4v) is 2.64. The molecule has 0 spiro atoms. The van der Waals surface area contributed by atoms with Crippen LogP contribution < -0.4 is 0 Å². The van der Waals surface area contributed by atoms with Crippen molar-refractivity contribution in [2.75, 3.05) is 0 Å². The summed E-state index contributed by atoms with van der Waals surface area (Å²) < 4.78 is 14.0. The van der Waals surface area contributed by atoms with E-state index in [0.717, 1.165) is 24.0 Å². The average Bonchev–Trinajstić information content (AvgIpc) is 2.38. The molecule has 106 valence electrons. The molecule has 2 aromatic rings. The van der Waals surface area contributed by atoms with Gasteiger partial charge in [-0.25, -0.2) is 4.39 Å². The zero-order chi connectivity index (χ0) is 14.5. The maximum atomic E-state index is 14.0. The van der Waals surface area contributed by atoms with Crippen molar-refractivity contribution in [3.63, 3.8) is 0 Å². The summed E-state index contributed by atoms with van der Waals surface area (Å²) in [5.41, 5.74) is 3.42. The van der Waals surface area contributed by atoms with E-state index in [2.05, 4.69) is 12.1 Å². The third-order valence-corrected chi connectivity index (χ3v) is 3.60. The summed E-state index contributed by atoms with van der Waals surface area (Å²) in [6.45, 7) is 3.72. The highest BCUT2D eigenvalue weighted by atomic mass is 19.1. The normalized spacial score (nSPS) is 12.4. The van der Waals surface area contributed by atoms with Crippen molar-refractivity contribution in [3.05, 3.63) is 70.5 Å². The largest absolute Gasteiger partial charge is 0.388 e. The number of aryl methyl sites for hydroxylation is 3. The minimum absolute atomic E-state index is 0.297. The average molecular weight is 272 g/mol. The lowest BCUT2D eigenvalue weighted by atomic mass is 9.96. The third-order valence-electron chi connectivity index (χ3n) is 3.60. The minimum atomic E-state index is -0.723. The zero-order valence-electron chi connectivity index (χ0n) is 12.1. The predicted molar refractivity (Wildman–Crippen MR) is 80.2 cm³/mol. The summed E-state index contributed by atoms with van der Waals surface area (Å²) in [6.07, 6.45) is 1.61. The van der Waals surface area contributed by atoms with Crippen LogP contribution in [0.4, 0.5) is 4.39 Å². The van der Waals surface area contributed by atoms with E-state index in [4.69, 9.17) is 0 Å². The summed E-state index contributed by atoms with van der Waals surface area (Å²) in [5.74, 6) is -0.297. The van der Waals surface area contributed by atoms with Crippen LogP contribution in [0.25, 0.3) is 0 Å². The number of benzene rings is 2. The number of aliphatic hydroxyl groups excluding tert-OH is 1. The molecule has 0 aliphatic heterocycles. The molecule has 2 rings (SSSR count). The maximum Gasteiger partial charge on any atom is 0.129 e. The first-order valence-corrected chi connectivity index (χ1v) is 7.06. The Morgan fingerprint density at radius 3 is 2.45 bits per heavy atom. The lowest BCUT2D eigenvalue weighted by Gasteiger charge is -2.15. The quantitative estimate of drug-likeness (QED) is 0.849. The molecule has 0 saturated heterocycles.